The number of aryl methyl sites for hydroxylation is 1. The zero-order chi connectivity index (χ0) is 26.6. The van der Waals surface area contributed by atoms with Gasteiger partial charge in [0.2, 0.25) is 17.7 Å². The lowest BCUT2D eigenvalue weighted by atomic mass is 10.1. The van der Waals surface area contributed by atoms with Gasteiger partial charge in [-0.1, -0.05) is 12.1 Å². The molecular weight excluding hydrogens is 488 g/mol. The second kappa shape index (κ2) is 15.0. The van der Waals surface area contributed by atoms with Gasteiger partial charge in [0.1, 0.15) is 17.8 Å². The van der Waals surface area contributed by atoms with Gasteiger partial charge in [0.25, 0.3) is 0 Å². The lowest BCUT2D eigenvalue weighted by Gasteiger charge is -2.29. The number of rotatable bonds is 6. The molecule has 0 aliphatic carbocycles. The Bertz CT molecular complexity index is 916. The van der Waals surface area contributed by atoms with E-state index in [9.17, 15) is 14.4 Å². The van der Waals surface area contributed by atoms with E-state index in [1.165, 1.54) is 0 Å². The molecule has 10 heteroatoms. The fourth-order valence-corrected chi connectivity index (χ4v) is 5.05. The van der Waals surface area contributed by atoms with E-state index in [0.29, 0.717) is 65.2 Å². The summed E-state index contributed by atoms with van der Waals surface area (Å²) in [5.74, 6) is 0.0403. The van der Waals surface area contributed by atoms with Crippen LogP contribution in [-0.4, -0.2) is 93.4 Å². The van der Waals surface area contributed by atoms with Gasteiger partial charge in [-0.25, -0.2) is 0 Å². The highest BCUT2D eigenvalue weighted by atomic mass is 16.5. The number of nitrogens with zero attached hydrogens (tertiary/aromatic N) is 1. The Labute approximate surface area is 225 Å². The average Bonchev–Trinajstić information content (AvgIpc) is 3.46. The Hall–Kier alpha value is -2.69. The highest BCUT2D eigenvalue weighted by Gasteiger charge is 2.28. The molecule has 3 aliphatic heterocycles. The molecule has 0 radical (unpaired) electrons. The van der Waals surface area contributed by atoms with Gasteiger partial charge < -0.3 is 30.2 Å². The molecule has 0 aromatic heterocycles. The van der Waals surface area contributed by atoms with E-state index in [0.717, 1.165) is 43.7 Å². The summed E-state index contributed by atoms with van der Waals surface area (Å²) < 4.78 is 17.0. The van der Waals surface area contributed by atoms with Gasteiger partial charge in [-0.05, 0) is 62.6 Å². The zero-order valence-corrected chi connectivity index (χ0v) is 22.3. The van der Waals surface area contributed by atoms with Crippen molar-refractivity contribution in [2.24, 2.45) is 0 Å². The first-order valence-electron chi connectivity index (χ1n) is 14.1. The summed E-state index contributed by atoms with van der Waals surface area (Å²) in [5, 5.41) is 8.85. The van der Waals surface area contributed by atoms with Crippen LogP contribution in [0.25, 0.3) is 0 Å². The molecule has 0 spiro atoms. The Balaban J connectivity index is 1.44. The Morgan fingerprint density at radius 2 is 1.87 bits per heavy atom. The molecule has 210 valence electrons. The van der Waals surface area contributed by atoms with Gasteiger partial charge in [0, 0.05) is 39.2 Å². The highest BCUT2D eigenvalue weighted by Crippen LogP contribution is 2.16. The summed E-state index contributed by atoms with van der Waals surface area (Å²) >= 11 is 0. The number of fused-ring (bicyclic) bond motifs is 2. The molecule has 3 atom stereocenters. The Morgan fingerprint density at radius 3 is 2.68 bits per heavy atom. The number of amides is 3. The molecule has 3 aliphatic rings. The number of carbonyl (C=O) groups excluding carboxylic acids is 3. The Morgan fingerprint density at radius 1 is 1.00 bits per heavy atom. The van der Waals surface area contributed by atoms with Gasteiger partial charge in [0.15, 0.2) is 0 Å². The number of hydrogen-bond donors (Lipinski definition) is 3. The van der Waals surface area contributed by atoms with Crippen molar-refractivity contribution < 1.29 is 28.6 Å². The van der Waals surface area contributed by atoms with Gasteiger partial charge >= 0.3 is 0 Å². The summed E-state index contributed by atoms with van der Waals surface area (Å²) in [6.07, 6.45) is 5.16. The Kier molecular flexibility index (Phi) is 11.2. The number of carbonyl (C=O) groups is 3. The molecule has 2 bridgehead atoms. The summed E-state index contributed by atoms with van der Waals surface area (Å²) in [7, 11) is 0. The number of benzene rings is 1. The molecule has 0 unspecified atom stereocenters. The first kappa shape index (κ1) is 28.3. The number of ether oxygens (including phenoxy) is 3. The summed E-state index contributed by atoms with van der Waals surface area (Å²) in [5.41, 5.74) is 1.02. The van der Waals surface area contributed by atoms with Crippen LogP contribution in [0.3, 0.4) is 0 Å². The number of morpholine rings is 1. The lowest BCUT2D eigenvalue weighted by molar-refractivity contribution is -0.132. The largest absolute Gasteiger partial charge is 0.494 e. The van der Waals surface area contributed by atoms with Crippen molar-refractivity contribution in [1.29, 1.82) is 0 Å². The quantitative estimate of drug-likeness (QED) is 0.505. The SMILES string of the molecule is O=C1CCc2cccc(c2)OCCCC[C@@H](C(=O)NC[C@@H]2CCCO2)NC(=O)[C@H](CCN2CCOCC2)N1. The second-order valence-electron chi connectivity index (χ2n) is 10.3. The van der Waals surface area contributed by atoms with Crippen molar-refractivity contribution in [1.82, 2.24) is 20.9 Å². The third-order valence-corrected chi connectivity index (χ3v) is 7.35. The van der Waals surface area contributed by atoms with Crippen LogP contribution >= 0.6 is 0 Å². The third-order valence-electron chi connectivity index (χ3n) is 7.35. The summed E-state index contributed by atoms with van der Waals surface area (Å²) in [6, 6.07) is 6.37. The maximum absolute atomic E-state index is 13.4. The van der Waals surface area contributed by atoms with Crippen molar-refractivity contribution in [3.05, 3.63) is 29.8 Å². The third kappa shape index (κ3) is 9.25. The van der Waals surface area contributed by atoms with Crippen LogP contribution in [0.5, 0.6) is 5.75 Å². The highest BCUT2D eigenvalue weighted by molar-refractivity contribution is 5.92. The number of hydrogen-bond acceptors (Lipinski definition) is 7. The first-order chi connectivity index (χ1) is 18.6. The van der Waals surface area contributed by atoms with E-state index in [1.807, 2.05) is 24.3 Å². The minimum atomic E-state index is -0.721. The van der Waals surface area contributed by atoms with Gasteiger partial charge in [0.05, 0.1) is 25.9 Å². The molecule has 1 aromatic carbocycles. The molecule has 3 amide bonds. The zero-order valence-electron chi connectivity index (χ0n) is 22.3. The van der Waals surface area contributed by atoms with Gasteiger partial charge in [-0.3, -0.25) is 19.3 Å². The summed E-state index contributed by atoms with van der Waals surface area (Å²) in [6.45, 7) is 5.26. The molecule has 1 aromatic rings. The molecule has 3 heterocycles. The van der Waals surface area contributed by atoms with E-state index in [2.05, 4.69) is 20.9 Å². The van der Waals surface area contributed by atoms with E-state index in [1.54, 1.807) is 0 Å². The van der Waals surface area contributed by atoms with Crippen molar-refractivity contribution in [3.63, 3.8) is 0 Å². The molecule has 2 saturated heterocycles. The minimum Gasteiger partial charge on any atom is -0.494 e. The number of nitrogens with one attached hydrogen (secondary N) is 3. The van der Waals surface area contributed by atoms with Crippen molar-refractivity contribution in [2.45, 2.75) is 69.6 Å². The molecule has 3 N–H and O–H groups in total. The van der Waals surface area contributed by atoms with Crippen LogP contribution in [0.2, 0.25) is 0 Å². The van der Waals surface area contributed by atoms with E-state index in [-0.39, 0.29) is 30.2 Å². The molecule has 38 heavy (non-hydrogen) atoms. The van der Waals surface area contributed by atoms with Crippen LogP contribution in [0.1, 0.15) is 50.5 Å². The van der Waals surface area contributed by atoms with Crippen LogP contribution in [0.4, 0.5) is 0 Å². The van der Waals surface area contributed by atoms with Crippen LogP contribution in [-0.2, 0) is 30.3 Å². The first-order valence-corrected chi connectivity index (χ1v) is 14.1. The smallest absolute Gasteiger partial charge is 0.243 e. The van der Waals surface area contributed by atoms with Gasteiger partial charge in [-0.15, -0.1) is 0 Å². The predicted octanol–water partition coefficient (Wildman–Crippen LogP) is 1.17. The fourth-order valence-electron chi connectivity index (χ4n) is 5.05. The van der Waals surface area contributed by atoms with E-state index < -0.39 is 12.1 Å². The fraction of sp³-hybridized carbons (Fsp3) is 0.679. The lowest BCUT2D eigenvalue weighted by Crippen LogP contribution is -2.55. The maximum atomic E-state index is 13.4. The second-order valence-corrected chi connectivity index (χ2v) is 10.3. The van der Waals surface area contributed by atoms with Crippen molar-refractivity contribution >= 4 is 17.7 Å². The monoisotopic (exact) mass is 530 g/mol. The van der Waals surface area contributed by atoms with Crippen LogP contribution in [0.15, 0.2) is 24.3 Å². The minimum absolute atomic E-state index is 0.0190. The molecule has 10 nitrogen and oxygen atoms in total. The van der Waals surface area contributed by atoms with Gasteiger partial charge in [-0.2, -0.15) is 0 Å². The standard InChI is InChI=1S/C28H42N4O6/c33-26-10-9-21-5-3-6-22(19-21)37-15-2-1-8-24(27(34)29-20-23-7-4-16-38-23)31-28(35)25(30-26)11-12-32-13-17-36-18-14-32/h3,5-6,19,23-25H,1-2,4,7-18,20H2,(H,29,34)(H,30,33)(H,31,35)/t23-,24-,25-/m0/s1. The predicted molar refractivity (Wildman–Crippen MR) is 142 cm³/mol. The maximum Gasteiger partial charge on any atom is 0.243 e. The molecule has 0 saturated carbocycles. The summed E-state index contributed by atoms with van der Waals surface area (Å²) in [4.78, 5) is 41.7. The normalized spacial score (nSPS) is 26.2. The van der Waals surface area contributed by atoms with Crippen LogP contribution < -0.4 is 20.7 Å². The van der Waals surface area contributed by atoms with E-state index in [4.69, 9.17) is 14.2 Å². The molecule has 4 rings (SSSR count). The average molecular weight is 531 g/mol. The molecular formula is C28H42N4O6. The van der Waals surface area contributed by atoms with Crippen molar-refractivity contribution in [3.8, 4) is 5.75 Å². The molecule has 2 fully saturated rings. The van der Waals surface area contributed by atoms with Crippen molar-refractivity contribution in [2.75, 3.05) is 52.6 Å². The van der Waals surface area contributed by atoms with Crippen LogP contribution in [0, 0.1) is 0 Å². The van der Waals surface area contributed by atoms with E-state index >= 15 is 0 Å². The topological polar surface area (TPSA) is 118 Å².